The van der Waals surface area contributed by atoms with Gasteiger partial charge in [-0.3, -0.25) is 5.73 Å². The summed E-state index contributed by atoms with van der Waals surface area (Å²) in [7, 11) is 0. The molecule has 0 aliphatic rings. The van der Waals surface area contributed by atoms with Crippen molar-refractivity contribution in [1.29, 1.82) is 0 Å². The standard InChI is InChI=1S/C16H15NO3/c17-16(18)15-8-12-6-7-13(9-14(12)20-15)19-10-11-4-2-1-3-5-11/h1-9,16,18H,10,17H2. The van der Waals surface area contributed by atoms with Crippen LogP contribution in [-0.2, 0) is 6.61 Å². The number of hydrogen-bond donors (Lipinski definition) is 2. The summed E-state index contributed by atoms with van der Waals surface area (Å²) in [6.07, 6.45) is -1.10. The molecule has 4 heteroatoms. The highest BCUT2D eigenvalue weighted by Gasteiger charge is 2.09. The molecule has 0 aliphatic heterocycles. The van der Waals surface area contributed by atoms with Gasteiger partial charge in [0, 0.05) is 11.5 Å². The molecule has 3 aromatic rings. The van der Waals surface area contributed by atoms with Gasteiger partial charge in [0.05, 0.1) is 0 Å². The van der Waals surface area contributed by atoms with Crippen LogP contribution in [0.25, 0.3) is 11.0 Å². The molecule has 0 spiro atoms. The maximum Gasteiger partial charge on any atom is 0.161 e. The number of aliphatic hydroxyl groups is 1. The van der Waals surface area contributed by atoms with Crippen molar-refractivity contribution in [2.75, 3.05) is 0 Å². The summed E-state index contributed by atoms with van der Waals surface area (Å²) in [4.78, 5) is 0. The highest BCUT2D eigenvalue weighted by atomic mass is 16.5. The fraction of sp³-hybridized carbons (Fsp3) is 0.125. The van der Waals surface area contributed by atoms with Crippen LogP contribution >= 0.6 is 0 Å². The Kier molecular flexibility index (Phi) is 3.41. The summed E-state index contributed by atoms with van der Waals surface area (Å²) in [5.41, 5.74) is 7.13. The minimum Gasteiger partial charge on any atom is -0.489 e. The van der Waals surface area contributed by atoms with Gasteiger partial charge in [0.15, 0.2) is 6.23 Å². The van der Waals surface area contributed by atoms with E-state index >= 15 is 0 Å². The lowest BCUT2D eigenvalue weighted by Gasteiger charge is -2.05. The van der Waals surface area contributed by atoms with Crippen molar-refractivity contribution in [3.8, 4) is 5.75 Å². The number of rotatable bonds is 4. The minimum atomic E-state index is -1.10. The molecule has 0 amide bonds. The molecule has 2 aromatic carbocycles. The Bertz CT molecular complexity index is 704. The van der Waals surface area contributed by atoms with Crippen LogP contribution in [0.5, 0.6) is 5.75 Å². The second kappa shape index (κ2) is 5.36. The first-order valence-corrected chi connectivity index (χ1v) is 6.36. The molecule has 0 fully saturated rings. The minimum absolute atomic E-state index is 0.347. The van der Waals surface area contributed by atoms with Crippen LogP contribution in [0.4, 0.5) is 0 Å². The van der Waals surface area contributed by atoms with E-state index in [4.69, 9.17) is 14.9 Å². The Morgan fingerprint density at radius 3 is 2.65 bits per heavy atom. The van der Waals surface area contributed by atoms with Gasteiger partial charge in [-0.1, -0.05) is 30.3 Å². The lowest BCUT2D eigenvalue weighted by molar-refractivity contribution is 0.160. The van der Waals surface area contributed by atoms with Gasteiger partial charge in [0.25, 0.3) is 0 Å². The normalized spacial score (nSPS) is 12.5. The summed E-state index contributed by atoms with van der Waals surface area (Å²) in [5, 5.41) is 10.2. The monoisotopic (exact) mass is 269 g/mol. The van der Waals surface area contributed by atoms with Gasteiger partial charge in [-0.05, 0) is 23.8 Å². The van der Waals surface area contributed by atoms with E-state index < -0.39 is 6.23 Å². The number of hydrogen-bond acceptors (Lipinski definition) is 4. The van der Waals surface area contributed by atoms with Crippen LogP contribution in [0.2, 0.25) is 0 Å². The molecule has 1 unspecified atom stereocenters. The summed E-state index contributed by atoms with van der Waals surface area (Å²) < 4.78 is 11.2. The molecule has 0 saturated carbocycles. The quantitative estimate of drug-likeness (QED) is 0.714. The van der Waals surface area contributed by atoms with E-state index in [2.05, 4.69) is 0 Å². The second-order valence-corrected chi connectivity index (χ2v) is 4.57. The number of ether oxygens (including phenoxy) is 1. The number of nitrogens with two attached hydrogens (primary N) is 1. The van der Waals surface area contributed by atoms with Crippen molar-refractivity contribution in [1.82, 2.24) is 0 Å². The van der Waals surface area contributed by atoms with Gasteiger partial charge in [0.1, 0.15) is 23.7 Å². The summed E-state index contributed by atoms with van der Waals surface area (Å²) in [6, 6.07) is 17.2. The molecule has 3 rings (SSSR count). The van der Waals surface area contributed by atoms with Crippen LogP contribution in [0, 0.1) is 0 Å². The van der Waals surface area contributed by atoms with Crippen molar-refractivity contribution < 1.29 is 14.3 Å². The molecule has 4 nitrogen and oxygen atoms in total. The topological polar surface area (TPSA) is 68.6 Å². The van der Waals surface area contributed by atoms with Gasteiger partial charge in [-0.25, -0.2) is 0 Å². The highest BCUT2D eigenvalue weighted by molar-refractivity contribution is 5.79. The van der Waals surface area contributed by atoms with Crippen LogP contribution in [0.1, 0.15) is 17.6 Å². The fourth-order valence-corrected chi connectivity index (χ4v) is 2.01. The van der Waals surface area contributed by atoms with E-state index in [-0.39, 0.29) is 0 Å². The van der Waals surface area contributed by atoms with E-state index in [9.17, 15) is 5.11 Å². The van der Waals surface area contributed by atoms with E-state index in [1.165, 1.54) is 0 Å². The zero-order valence-corrected chi connectivity index (χ0v) is 10.8. The fourth-order valence-electron chi connectivity index (χ4n) is 2.01. The molecule has 1 atom stereocenters. The molecule has 1 aromatic heterocycles. The zero-order valence-electron chi connectivity index (χ0n) is 10.8. The summed E-state index contributed by atoms with van der Waals surface area (Å²) >= 11 is 0. The van der Waals surface area contributed by atoms with Gasteiger partial charge in [-0.2, -0.15) is 0 Å². The van der Waals surface area contributed by atoms with E-state index in [0.29, 0.717) is 23.7 Å². The van der Waals surface area contributed by atoms with Gasteiger partial charge in [0.2, 0.25) is 0 Å². The predicted molar refractivity (Wildman–Crippen MR) is 76.1 cm³/mol. The van der Waals surface area contributed by atoms with Gasteiger partial charge in [-0.15, -0.1) is 0 Å². The van der Waals surface area contributed by atoms with E-state index in [1.54, 1.807) is 12.1 Å². The summed E-state index contributed by atoms with van der Waals surface area (Å²) in [5.74, 6) is 1.06. The van der Waals surface area contributed by atoms with Crippen molar-refractivity contribution in [2.24, 2.45) is 5.73 Å². The van der Waals surface area contributed by atoms with Crippen LogP contribution in [-0.4, -0.2) is 5.11 Å². The number of aliphatic hydroxyl groups excluding tert-OH is 1. The molecule has 0 aliphatic carbocycles. The predicted octanol–water partition coefficient (Wildman–Crippen LogP) is 2.96. The maximum atomic E-state index is 9.30. The first-order chi connectivity index (χ1) is 9.72. The highest BCUT2D eigenvalue weighted by Crippen LogP contribution is 2.26. The SMILES string of the molecule is NC(O)c1cc2ccc(OCc3ccccc3)cc2o1. The average molecular weight is 269 g/mol. The Morgan fingerprint density at radius 2 is 1.90 bits per heavy atom. The molecule has 20 heavy (non-hydrogen) atoms. The van der Waals surface area contributed by atoms with Crippen LogP contribution in [0.15, 0.2) is 59.0 Å². The first kappa shape index (κ1) is 12.7. The third kappa shape index (κ3) is 2.66. The van der Waals surface area contributed by atoms with E-state index in [1.807, 2.05) is 42.5 Å². The van der Waals surface area contributed by atoms with E-state index in [0.717, 1.165) is 10.9 Å². The molecular weight excluding hydrogens is 254 g/mol. The molecule has 102 valence electrons. The molecule has 0 bridgehead atoms. The number of fused-ring (bicyclic) bond motifs is 1. The van der Waals surface area contributed by atoms with Crippen molar-refractivity contribution in [3.63, 3.8) is 0 Å². The number of furan rings is 1. The van der Waals surface area contributed by atoms with Crippen molar-refractivity contribution in [3.05, 3.63) is 65.9 Å². The third-order valence-corrected chi connectivity index (χ3v) is 3.05. The Morgan fingerprint density at radius 1 is 1.10 bits per heavy atom. The molecule has 3 N–H and O–H groups in total. The largest absolute Gasteiger partial charge is 0.489 e. The zero-order chi connectivity index (χ0) is 13.9. The van der Waals surface area contributed by atoms with Crippen molar-refractivity contribution >= 4 is 11.0 Å². The van der Waals surface area contributed by atoms with Crippen molar-refractivity contribution in [2.45, 2.75) is 12.8 Å². The molecule has 0 saturated heterocycles. The first-order valence-electron chi connectivity index (χ1n) is 6.36. The van der Waals surface area contributed by atoms with Crippen LogP contribution in [0.3, 0.4) is 0 Å². The van der Waals surface area contributed by atoms with Crippen LogP contribution < -0.4 is 10.5 Å². The summed E-state index contributed by atoms with van der Waals surface area (Å²) in [6.45, 7) is 0.499. The molecule has 0 radical (unpaired) electrons. The molecular formula is C16H15NO3. The third-order valence-electron chi connectivity index (χ3n) is 3.05. The van der Waals surface area contributed by atoms with Gasteiger partial charge >= 0.3 is 0 Å². The Hall–Kier alpha value is -2.30. The number of benzene rings is 2. The lowest BCUT2D eigenvalue weighted by atomic mass is 10.2. The average Bonchev–Trinajstić information content (AvgIpc) is 2.89. The maximum absolute atomic E-state index is 9.30. The smallest absolute Gasteiger partial charge is 0.161 e. The van der Waals surface area contributed by atoms with Gasteiger partial charge < -0.3 is 14.3 Å². The Labute approximate surface area is 116 Å². The Balaban J connectivity index is 1.78. The molecule has 1 heterocycles. The lowest BCUT2D eigenvalue weighted by Crippen LogP contribution is -2.06. The second-order valence-electron chi connectivity index (χ2n) is 4.57.